The molecule has 6 heteroatoms. The quantitative estimate of drug-likeness (QED) is 0.587. The number of nitrogens with two attached hydrogens (primary N) is 1. The van der Waals surface area contributed by atoms with Crippen molar-refractivity contribution in [2.45, 2.75) is 39.2 Å². The first kappa shape index (κ1) is 17.1. The number of rotatable bonds is 7. The largest absolute Gasteiger partial charge is 0.397 e. The van der Waals surface area contributed by atoms with Gasteiger partial charge in [0, 0.05) is 11.6 Å². The monoisotopic (exact) mass is 318 g/mol. The second-order valence-corrected chi connectivity index (χ2v) is 5.40. The highest BCUT2D eigenvalue weighted by Crippen LogP contribution is 2.32. The molecule has 20 heavy (non-hydrogen) atoms. The number of unbranched alkanes of at least 4 members (excludes halogenated alkanes) is 2. The van der Waals surface area contributed by atoms with E-state index in [2.05, 4.69) is 12.2 Å². The highest BCUT2D eigenvalue weighted by Gasteiger charge is 2.16. The van der Waals surface area contributed by atoms with Gasteiger partial charge in [-0.05, 0) is 25.5 Å². The lowest BCUT2D eigenvalue weighted by Gasteiger charge is -2.15. The molecule has 1 amide bonds. The number of ether oxygens (including phenoxy) is 1. The van der Waals surface area contributed by atoms with Crippen LogP contribution in [0.1, 0.15) is 33.1 Å². The Morgan fingerprint density at radius 2 is 2.10 bits per heavy atom. The maximum absolute atomic E-state index is 12.0. The van der Waals surface area contributed by atoms with E-state index in [9.17, 15) is 4.79 Å². The van der Waals surface area contributed by atoms with Crippen LogP contribution in [0.15, 0.2) is 12.1 Å². The topological polar surface area (TPSA) is 64.3 Å². The van der Waals surface area contributed by atoms with Crippen molar-refractivity contribution in [1.29, 1.82) is 0 Å². The van der Waals surface area contributed by atoms with E-state index in [1.165, 1.54) is 12.1 Å². The van der Waals surface area contributed by atoms with Crippen LogP contribution in [0.5, 0.6) is 0 Å². The van der Waals surface area contributed by atoms with Crippen molar-refractivity contribution in [2.24, 2.45) is 0 Å². The molecule has 0 fully saturated rings. The summed E-state index contributed by atoms with van der Waals surface area (Å²) in [5.41, 5.74) is 6.48. The van der Waals surface area contributed by atoms with Crippen molar-refractivity contribution in [1.82, 2.24) is 0 Å². The molecule has 112 valence electrons. The fourth-order valence-corrected chi connectivity index (χ4v) is 2.19. The van der Waals surface area contributed by atoms with Crippen molar-refractivity contribution >= 4 is 40.5 Å². The summed E-state index contributed by atoms with van der Waals surface area (Å²) in [4.78, 5) is 12.0. The number of amides is 1. The molecule has 0 aliphatic carbocycles. The minimum atomic E-state index is -0.557. The van der Waals surface area contributed by atoms with E-state index < -0.39 is 6.10 Å². The molecule has 0 heterocycles. The van der Waals surface area contributed by atoms with Crippen LogP contribution in [0.3, 0.4) is 0 Å². The van der Waals surface area contributed by atoms with Crippen LogP contribution in [-0.2, 0) is 9.53 Å². The standard InChI is InChI=1S/C14H20Cl2N2O2/c1-3-4-5-6-20-9(2)14(19)18-13-11(16)7-10(15)8-12(13)17/h7-9H,3-6,17H2,1-2H3,(H,18,19). The van der Waals surface area contributed by atoms with Crippen LogP contribution < -0.4 is 11.1 Å². The number of hydrogen-bond donors (Lipinski definition) is 2. The first-order chi connectivity index (χ1) is 9.45. The van der Waals surface area contributed by atoms with E-state index in [0.29, 0.717) is 28.0 Å². The van der Waals surface area contributed by atoms with E-state index in [1.54, 1.807) is 6.92 Å². The zero-order valence-electron chi connectivity index (χ0n) is 11.7. The minimum absolute atomic E-state index is 0.280. The molecular formula is C14H20Cl2N2O2. The van der Waals surface area contributed by atoms with Crippen molar-refractivity contribution in [3.05, 3.63) is 22.2 Å². The lowest BCUT2D eigenvalue weighted by atomic mass is 10.2. The maximum atomic E-state index is 12.0. The highest BCUT2D eigenvalue weighted by atomic mass is 35.5. The number of anilines is 2. The van der Waals surface area contributed by atoms with Gasteiger partial charge in [-0.15, -0.1) is 0 Å². The molecule has 1 aromatic rings. The SMILES string of the molecule is CCCCCOC(C)C(=O)Nc1c(N)cc(Cl)cc1Cl. The fourth-order valence-electron chi connectivity index (χ4n) is 1.64. The second kappa shape index (κ2) is 8.35. The fraction of sp³-hybridized carbons (Fsp3) is 0.500. The summed E-state index contributed by atoms with van der Waals surface area (Å²) in [5, 5.41) is 3.40. The summed E-state index contributed by atoms with van der Waals surface area (Å²) >= 11 is 11.8. The van der Waals surface area contributed by atoms with Gasteiger partial charge in [0.2, 0.25) is 0 Å². The summed E-state index contributed by atoms with van der Waals surface area (Å²) in [5.74, 6) is -0.280. The lowest BCUT2D eigenvalue weighted by Crippen LogP contribution is -2.28. The molecule has 0 saturated carbocycles. The lowest BCUT2D eigenvalue weighted by molar-refractivity contribution is -0.126. The van der Waals surface area contributed by atoms with Crippen LogP contribution in [-0.4, -0.2) is 18.6 Å². The molecule has 0 saturated heterocycles. The van der Waals surface area contributed by atoms with E-state index in [4.69, 9.17) is 33.7 Å². The Morgan fingerprint density at radius 1 is 1.40 bits per heavy atom. The van der Waals surface area contributed by atoms with Crippen LogP contribution in [0.4, 0.5) is 11.4 Å². The molecular weight excluding hydrogens is 299 g/mol. The molecule has 1 unspecified atom stereocenters. The molecule has 0 radical (unpaired) electrons. The zero-order chi connectivity index (χ0) is 15.1. The van der Waals surface area contributed by atoms with Gasteiger partial charge >= 0.3 is 0 Å². The minimum Gasteiger partial charge on any atom is -0.397 e. The van der Waals surface area contributed by atoms with Crippen molar-refractivity contribution in [3.63, 3.8) is 0 Å². The van der Waals surface area contributed by atoms with Gasteiger partial charge in [0.1, 0.15) is 6.10 Å². The number of halogens is 2. The normalized spacial score (nSPS) is 12.2. The Balaban J connectivity index is 2.57. The van der Waals surface area contributed by atoms with Gasteiger partial charge in [-0.25, -0.2) is 0 Å². The van der Waals surface area contributed by atoms with Gasteiger partial charge in [-0.1, -0.05) is 43.0 Å². The average Bonchev–Trinajstić information content (AvgIpc) is 2.38. The van der Waals surface area contributed by atoms with Gasteiger partial charge < -0.3 is 15.8 Å². The average molecular weight is 319 g/mol. The number of nitrogens with one attached hydrogen (secondary N) is 1. The van der Waals surface area contributed by atoms with Crippen molar-refractivity contribution in [3.8, 4) is 0 Å². The summed E-state index contributed by atoms with van der Waals surface area (Å²) < 4.78 is 5.46. The molecule has 0 aliphatic rings. The molecule has 0 bridgehead atoms. The van der Waals surface area contributed by atoms with Crippen molar-refractivity contribution in [2.75, 3.05) is 17.7 Å². The van der Waals surface area contributed by atoms with E-state index in [0.717, 1.165) is 19.3 Å². The van der Waals surface area contributed by atoms with Crippen LogP contribution in [0.2, 0.25) is 10.0 Å². The number of benzene rings is 1. The van der Waals surface area contributed by atoms with Crippen molar-refractivity contribution < 1.29 is 9.53 Å². The third kappa shape index (κ3) is 5.19. The van der Waals surface area contributed by atoms with Gasteiger partial charge in [0.15, 0.2) is 0 Å². The van der Waals surface area contributed by atoms with E-state index >= 15 is 0 Å². The Morgan fingerprint density at radius 3 is 2.70 bits per heavy atom. The summed E-state index contributed by atoms with van der Waals surface area (Å²) in [6.45, 7) is 4.37. The Labute approximate surface area is 129 Å². The van der Waals surface area contributed by atoms with Gasteiger partial charge in [0.05, 0.1) is 16.4 Å². The maximum Gasteiger partial charge on any atom is 0.253 e. The summed E-state index contributed by atoms with van der Waals surface area (Å²) in [6, 6.07) is 3.07. The van der Waals surface area contributed by atoms with E-state index in [1.807, 2.05) is 0 Å². The Bertz CT molecular complexity index is 443. The zero-order valence-corrected chi connectivity index (χ0v) is 13.2. The highest BCUT2D eigenvalue weighted by molar-refractivity contribution is 6.37. The smallest absolute Gasteiger partial charge is 0.253 e. The molecule has 4 nitrogen and oxygen atoms in total. The van der Waals surface area contributed by atoms with E-state index in [-0.39, 0.29) is 5.91 Å². The Hall–Kier alpha value is -0.970. The second-order valence-electron chi connectivity index (χ2n) is 4.56. The van der Waals surface area contributed by atoms with Crippen LogP contribution >= 0.6 is 23.2 Å². The Kier molecular flexibility index (Phi) is 7.13. The number of hydrogen-bond acceptors (Lipinski definition) is 3. The number of nitrogen functional groups attached to an aromatic ring is 1. The molecule has 0 spiro atoms. The molecule has 1 atom stereocenters. The number of carbonyl (C=O) groups is 1. The van der Waals surface area contributed by atoms with Gasteiger partial charge in [0.25, 0.3) is 5.91 Å². The third-order valence-electron chi connectivity index (χ3n) is 2.82. The summed E-state index contributed by atoms with van der Waals surface area (Å²) in [7, 11) is 0. The molecule has 3 N–H and O–H groups in total. The molecule has 1 rings (SSSR count). The number of carbonyl (C=O) groups excluding carboxylic acids is 1. The summed E-state index contributed by atoms with van der Waals surface area (Å²) in [6.07, 6.45) is 2.58. The molecule has 0 aromatic heterocycles. The first-order valence-electron chi connectivity index (χ1n) is 6.62. The van der Waals surface area contributed by atoms with Crippen LogP contribution in [0, 0.1) is 0 Å². The molecule has 1 aromatic carbocycles. The molecule has 0 aliphatic heterocycles. The first-order valence-corrected chi connectivity index (χ1v) is 7.38. The third-order valence-corrected chi connectivity index (χ3v) is 3.33. The van der Waals surface area contributed by atoms with Crippen LogP contribution in [0.25, 0.3) is 0 Å². The van der Waals surface area contributed by atoms with Gasteiger partial charge in [-0.2, -0.15) is 0 Å². The predicted molar refractivity (Wildman–Crippen MR) is 84.4 cm³/mol. The van der Waals surface area contributed by atoms with Gasteiger partial charge in [-0.3, -0.25) is 4.79 Å². The predicted octanol–water partition coefficient (Wildman–Crippen LogP) is 4.11.